The Balaban J connectivity index is 2.57. The van der Waals surface area contributed by atoms with Crippen molar-refractivity contribution in [2.45, 2.75) is 19.4 Å². The second kappa shape index (κ2) is 2.92. The second-order valence-corrected chi connectivity index (χ2v) is 2.53. The third kappa shape index (κ3) is 1.51. The van der Waals surface area contributed by atoms with Crippen molar-refractivity contribution >= 4 is 5.97 Å². The van der Waals surface area contributed by atoms with E-state index < -0.39 is 5.54 Å². The summed E-state index contributed by atoms with van der Waals surface area (Å²) in [6.45, 7) is 3.94. The van der Waals surface area contributed by atoms with Crippen molar-refractivity contribution in [3.63, 3.8) is 0 Å². The van der Waals surface area contributed by atoms with E-state index in [0.29, 0.717) is 6.61 Å². The lowest BCUT2D eigenvalue weighted by Crippen LogP contribution is -2.49. The van der Waals surface area contributed by atoms with Gasteiger partial charge in [0.2, 0.25) is 0 Å². The van der Waals surface area contributed by atoms with Gasteiger partial charge in [-0.05, 0) is 19.9 Å². The summed E-state index contributed by atoms with van der Waals surface area (Å²) in [5.41, 5.74) is 4.80. The summed E-state index contributed by atoms with van der Waals surface area (Å²) >= 11 is 0. The maximum atomic E-state index is 11.2. The first-order valence-electron chi connectivity index (χ1n) is 3.56. The number of rotatable bonds is 2. The number of ether oxygens (including phenoxy) is 1. The van der Waals surface area contributed by atoms with Gasteiger partial charge in [-0.3, -0.25) is 0 Å². The minimum absolute atomic E-state index is 0.263. The Morgan fingerprint density at radius 1 is 1.73 bits per heavy atom. The third-order valence-corrected chi connectivity index (χ3v) is 1.53. The first-order valence-corrected chi connectivity index (χ1v) is 3.56. The number of hydrogen-bond donors (Lipinski definition) is 2. The number of esters is 1. The van der Waals surface area contributed by atoms with Crippen molar-refractivity contribution in [1.82, 2.24) is 10.9 Å². The Bertz CT molecular complexity index is 191. The van der Waals surface area contributed by atoms with Crippen LogP contribution < -0.4 is 10.9 Å². The quantitative estimate of drug-likeness (QED) is 0.549. The molecule has 0 spiro atoms. The maximum Gasteiger partial charge on any atom is 0.331 e. The van der Waals surface area contributed by atoms with Crippen molar-refractivity contribution in [3.8, 4) is 0 Å². The average molecular weight is 156 g/mol. The molecule has 1 aliphatic heterocycles. The molecule has 0 aliphatic carbocycles. The second-order valence-electron chi connectivity index (χ2n) is 2.53. The minimum atomic E-state index is -0.698. The van der Waals surface area contributed by atoms with Crippen LogP contribution >= 0.6 is 0 Å². The predicted molar refractivity (Wildman–Crippen MR) is 40.4 cm³/mol. The SMILES string of the molecule is CCOC(=O)C1(C)C=CNN1. The fraction of sp³-hybridized carbons (Fsp3) is 0.571. The molecule has 0 amide bonds. The van der Waals surface area contributed by atoms with Gasteiger partial charge in [-0.2, -0.15) is 0 Å². The predicted octanol–water partition coefficient (Wildman–Crippen LogP) is -0.0703. The molecule has 4 heteroatoms. The van der Waals surface area contributed by atoms with Crippen molar-refractivity contribution in [3.05, 3.63) is 12.3 Å². The molecule has 0 aromatic rings. The number of hydrogen-bond acceptors (Lipinski definition) is 4. The lowest BCUT2D eigenvalue weighted by molar-refractivity contribution is -0.148. The van der Waals surface area contributed by atoms with Crippen molar-refractivity contribution in [1.29, 1.82) is 0 Å². The van der Waals surface area contributed by atoms with E-state index in [1.54, 1.807) is 26.1 Å². The van der Waals surface area contributed by atoms with Gasteiger partial charge in [-0.1, -0.05) is 0 Å². The molecule has 0 saturated carbocycles. The average Bonchev–Trinajstić information content (AvgIpc) is 2.38. The number of carbonyl (C=O) groups excluding carboxylic acids is 1. The van der Waals surface area contributed by atoms with E-state index in [2.05, 4.69) is 10.9 Å². The summed E-state index contributed by atoms with van der Waals surface area (Å²) < 4.78 is 4.84. The van der Waals surface area contributed by atoms with Crippen LogP contribution in [-0.4, -0.2) is 18.1 Å². The Hall–Kier alpha value is -1.03. The molecule has 1 heterocycles. The molecular formula is C7H12N2O2. The van der Waals surface area contributed by atoms with E-state index in [-0.39, 0.29) is 5.97 Å². The lowest BCUT2D eigenvalue weighted by atomic mass is 10.1. The zero-order valence-corrected chi connectivity index (χ0v) is 6.68. The summed E-state index contributed by atoms with van der Waals surface area (Å²) in [6.07, 6.45) is 3.40. The van der Waals surface area contributed by atoms with Crippen LogP contribution in [-0.2, 0) is 9.53 Å². The molecule has 1 atom stereocenters. The van der Waals surface area contributed by atoms with Crippen LogP contribution in [0.15, 0.2) is 12.3 Å². The zero-order valence-electron chi connectivity index (χ0n) is 6.68. The summed E-state index contributed by atoms with van der Waals surface area (Å²) in [7, 11) is 0. The van der Waals surface area contributed by atoms with E-state index in [0.717, 1.165) is 0 Å². The molecule has 1 unspecified atom stereocenters. The van der Waals surface area contributed by atoms with Crippen LogP contribution in [0.4, 0.5) is 0 Å². The van der Waals surface area contributed by atoms with Crippen LogP contribution in [0.3, 0.4) is 0 Å². The molecule has 0 bridgehead atoms. The van der Waals surface area contributed by atoms with Crippen LogP contribution in [0, 0.1) is 0 Å². The monoisotopic (exact) mass is 156 g/mol. The standard InChI is InChI=1S/C7H12N2O2/c1-3-11-6(10)7(2)4-5-8-9-7/h4-5,8-9H,3H2,1-2H3. The summed E-state index contributed by atoms with van der Waals surface area (Å²) in [5.74, 6) is -0.263. The van der Waals surface area contributed by atoms with E-state index in [1.165, 1.54) is 0 Å². The van der Waals surface area contributed by atoms with Gasteiger partial charge in [0, 0.05) is 6.20 Å². The molecule has 0 aromatic heterocycles. The first-order chi connectivity index (χ1) is 5.19. The Labute approximate surface area is 65.6 Å². The molecule has 11 heavy (non-hydrogen) atoms. The lowest BCUT2D eigenvalue weighted by Gasteiger charge is -2.19. The third-order valence-electron chi connectivity index (χ3n) is 1.53. The molecule has 0 fully saturated rings. The number of hydrazine groups is 1. The minimum Gasteiger partial charge on any atom is -0.464 e. The molecule has 1 aliphatic rings. The first kappa shape index (κ1) is 8.07. The zero-order chi connectivity index (χ0) is 8.32. The topological polar surface area (TPSA) is 50.4 Å². The van der Waals surface area contributed by atoms with Gasteiger partial charge in [0.15, 0.2) is 5.54 Å². The number of nitrogens with one attached hydrogen (secondary N) is 2. The van der Waals surface area contributed by atoms with Gasteiger partial charge in [-0.15, -0.1) is 0 Å². The van der Waals surface area contributed by atoms with Crippen molar-refractivity contribution in [2.24, 2.45) is 0 Å². The van der Waals surface area contributed by atoms with E-state index in [1.807, 2.05) is 0 Å². The van der Waals surface area contributed by atoms with Crippen LogP contribution in [0.5, 0.6) is 0 Å². The van der Waals surface area contributed by atoms with Gasteiger partial charge < -0.3 is 10.2 Å². The normalized spacial score (nSPS) is 28.2. The van der Waals surface area contributed by atoms with Crippen LogP contribution in [0.1, 0.15) is 13.8 Å². The van der Waals surface area contributed by atoms with E-state index >= 15 is 0 Å². The molecule has 2 N–H and O–H groups in total. The van der Waals surface area contributed by atoms with Gasteiger partial charge in [-0.25, -0.2) is 10.2 Å². The molecular weight excluding hydrogens is 144 g/mol. The van der Waals surface area contributed by atoms with E-state index in [4.69, 9.17) is 4.74 Å². The number of carbonyl (C=O) groups is 1. The van der Waals surface area contributed by atoms with Gasteiger partial charge >= 0.3 is 5.97 Å². The van der Waals surface area contributed by atoms with Crippen LogP contribution in [0.2, 0.25) is 0 Å². The van der Waals surface area contributed by atoms with Gasteiger partial charge in [0.25, 0.3) is 0 Å². The van der Waals surface area contributed by atoms with Crippen LogP contribution in [0.25, 0.3) is 0 Å². The Morgan fingerprint density at radius 3 is 2.91 bits per heavy atom. The Kier molecular flexibility index (Phi) is 2.14. The molecule has 0 aromatic carbocycles. The summed E-state index contributed by atoms with van der Waals surface area (Å²) in [5, 5.41) is 0. The van der Waals surface area contributed by atoms with Crippen molar-refractivity contribution < 1.29 is 9.53 Å². The highest BCUT2D eigenvalue weighted by atomic mass is 16.5. The van der Waals surface area contributed by atoms with Gasteiger partial charge in [0.05, 0.1) is 6.61 Å². The largest absolute Gasteiger partial charge is 0.464 e. The van der Waals surface area contributed by atoms with E-state index in [9.17, 15) is 4.79 Å². The molecule has 4 nitrogen and oxygen atoms in total. The fourth-order valence-electron chi connectivity index (χ4n) is 0.842. The Morgan fingerprint density at radius 2 is 2.45 bits per heavy atom. The molecule has 0 radical (unpaired) electrons. The van der Waals surface area contributed by atoms with Crippen molar-refractivity contribution in [2.75, 3.05) is 6.61 Å². The van der Waals surface area contributed by atoms with Gasteiger partial charge in [0.1, 0.15) is 0 Å². The highest BCUT2D eigenvalue weighted by Gasteiger charge is 2.33. The maximum absolute atomic E-state index is 11.2. The smallest absolute Gasteiger partial charge is 0.331 e. The molecule has 1 rings (SSSR count). The summed E-state index contributed by atoms with van der Waals surface area (Å²) in [6, 6.07) is 0. The molecule has 62 valence electrons. The highest BCUT2D eigenvalue weighted by Crippen LogP contribution is 2.10. The highest BCUT2D eigenvalue weighted by molar-refractivity contribution is 5.83. The summed E-state index contributed by atoms with van der Waals surface area (Å²) in [4.78, 5) is 11.2. The molecule has 0 saturated heterocycles. The fourth-order valence-corrected chi connectivity index (χ4v) is 0.842.